The molecule has 0 spiro atoms. The number of ether oxygens (including phenoxy) is 2. The van der Waals surface area contributed by atoms with E-state index < -0.39 is 0 Å². The molecule has 0 radical (unpaired) electrons. The molecule has 1 heterocycles. The summed E-state index contributed by atoms with van der Waals surface area (Å²) in [7, 11) is 0. The highest BCUT2D eigenvalue weighted by Crippen LogP contribution is 2.09. The van der Waals surface area contributed by atoms with Gasteiger partial charge in [0, 0.05) is 13.5 Å². The van der Waals surface area contributed by atoms with E-state index in [2.05, 4.69) is 18.8 Å². The van der Waals surface area contributed by atoms with Gasteiger partial charge in [0.05, 0.1) is 12.8 Å². The number of Topliss-reactive ketones (excluding diaryl/α,β-unsaturated/α-hetero) is 1. The van der Waals surface area contributed by atoms with E-state index >= 15 is 0 Å². The van der Waals surface area contributed by atoms with Gasteiger partial charge in [-0.05, 0) is 18.1 Å². The average Bonchev–Trinajstić information content (AvgIpc) is 2.29. The lowest BCUT2D eigenvalue weighted by Gasteiger charge is -2.08. The van der Waals surface area contributed by atoms with Crippen molar-refractivity contribution in [2.75, 3.05) is 19.8 Å². The Balaban J connectivity index is 2.25. The van der Waals surface area contributed by atoms with Gasteiger partial charge in [-0.3, -0.25) is 4.79 Å². The molecule has 0 amide bonds. The molecule has 0 N–H and O–H groups in total. The van der Waals surface area contributed by atoms with E-state index in [9.17, 15) is 4.79 Å². The molecule has 0 bridgehead atoms. The largest absolute Gasteiger partial charge is 0.490 e. The Morgan fingerprint density at radius 1 is 1.35 bits per heavy atom. The van der Waals surface area contributed by atoms with Crippen LogP contribution in [0.3, 0.4) is 0 Å². The van der Waals surface area contributed by atoms with Gasteiger partial charge in [-0.2, -0.15) is 0 Å². The quantitative estimate of drug-likeness (QED) is 0.539. The summed E-state index contributed by atoms with van der Waals surface area (Å²) in [6.07, 6.45) is 1.55. The highest BCUT2D eigenvalue weighted by atomic mass is 16.5. The highest BCUT2D eigenvalue weighted by Gasteiger charge is 2.01. The van der Waals surface area contributed by atoms with Crippen molar-refractivity contribution in [3.8, 4) is 5.75 Å². The molecule has 1 rings (SSSR count). The van der Waals surface area contributed by atoms with Crippen molar-refractivity contribution in [3.63, 3.8) is 0 Å². The van der Waals surface area contributed by atoms with Gasteiger partial charge in [-0.25, -0.2) is 4.98 Å². The summed E-state index contributed by atoms with van der Waals surface area (Å²) >= 11 is 0. The Bertz CT molecular complexity index is 346. The number of ketones is 1. The molecule has 0 aliphatic rings. The predicted molar refractivity (Wildman–Crippen MR) is 65.4 cm³/mol. The number of hydrogen-bond donors (Lipinski definition) is 0. The number of hydrogen-bond acceptors (Lipinski definition) is 4. The van der Waals surface area contributed by atoms with Crippen LogP contribution in [0.2, 0.25) is 0 Å². The molecular formula is C13H19NO3. The molecule has 0 atom stereocenters. The summed E-state index contributed by atoms with van der Waals surface area (Å²) < 4.78 is 10.8. The lowest BCUT2D eigenvalue weighted by atomic mass is 10.2. The van der Waals surface area contributed by atoms with Crippen LogP contribution < -0.4 is 4.74 Å². The van der Waals surface area contributed by atoms with Crippen molar-refractivity contribution in [2.45, 2.75) is 20.8 Å². The molecule has 0 fully saturated rings. The second kappa shape index (κ2) is 7.01. The second-order valence-electron chi connectivity index (χ2n) is 4.25. The van der Waals surface area contributed by atoms with E-state index in [-0.39, 0.29) is 5.78 Å². The molecule has 17 heavy (non-hydrogen) atoms. The number of rotatable bonds is 7. The zero-order valence-corrected chi connectivity index (χ0v) is 10.6. The van der Waals surface area contributed by atoms with E-state index in [4.69, 9.17) is 9.47 Å². The SMILES string of the molecule is CC(=O)c1ccc(OCCOCC(C)C)cn1. The minimum absolute atomic E-state index is 0.0446. The van der Waals surface area contributed by atoms with E-state index in [1.165, 1.54) is 6.92 Å². The number of nitrogens with zero attached hydrogens (tertiary/aromatic N) is 1. The van der Waals surface area contributed by atoms with Crippen LogP contribution in [0.15, 0.2) is 18.3 Å². The molecule has 0 saturated heterocycles. The van der Waals surface area contributed by atoms with Gasteiger partial charge >= 0.3 is 0 Å². The van der Waals surface area contributed by atoms with Crippen LogP contribution in [-0.2, 0) is 4.74 Å². The minimum atomic E-state index is -0.0446. The monoisotopic (exact) mass is 237 g/mol. The number of carbonyl (C=O) groups excluding carboxylic acids is 1. The third kappa shape index (κ3) is 5.45. The normalized spacial score (nSPS) is 10.6. The van der Waals surface area contributed by atoms with Gasteiger partial charge in [0.25, 0.3) is 0 Å². The van der Waals surface area contributed by atoms with Gasteiger partial charge in [-0.15, -0.1) is 0 Å². The third-order valence-corrected chi connectivity index (χ3v) is 2.04. The van der Waals surface area contributed by atoms with Crippen LogP contribution in [0.1, 0.15) is 31.3 Å². The summed E-state index contributed by atoms with van der Waals surface area (Å²) in [5.41, 5.74) is 0.452. The standard InChI is InChI=1S/C13H19NO3/c1-10(2)9-16-6-7-17-12-4-5-13(11(3)15)14-8-12/h4-5,8,10H,6-7,9H2,1-3H3. The molecule has 0 saturated carbocycles. The average molecular weight is 237 g/mol. The predicted octanol–water partition coefficient (Wildman–Crippen LogP) is 2.34. The number of aromatic nitrogens is 1. The zero-order chi connectivity index (χ0) is 12.7. The number of carbonyl (C=O) groups is 1. The Morgan fingerprint density at radius 3 is 2.65 bits per heavy atom. The first-order valence-corrected chi connectivity index (χ1v) is 5.77. The van der Waals surface area contributed by atoms with E-state index in [0.29, 0.717) is 30.6 Å². The maximum atomic E-state index is 11.0. The molecule has 1 aromatic rings. The van der Waals surface area contributed by atoms with Gasteiger partial charge in [-0.1, -0.05) is 13.8 Å². The minimum Gasteiger partial charge on any atom is -0.490 e. The Hall–Kier alpha value is -1.42. The molecule has 4 heteroatoms. The molecule has 0 aliphatic carbocycles. The lowest BCUT2D eigenvalue weighted by Crippen LogP contribution is -2.10. The van der Waals surface area contributed by atoms with Crippen LogP contribution in [0.4, 0.5) is 0 Å². The fourth-order valence-electron chi connectivity index (χ4n) is 1.21. The van der Waals surface area contributed by atoms with Crippen molar-refractivity contribution in [2.24, 2.45) is 5.92 Å². The number of pyridine rings is 1. The summed E-state index contributed by atoms with van der Waals surface area (Å²) in [6, 6.07) is 3.40. The lowest BCUT2D eigenvalue weighted by molar-refractivity contribution is 0.0817. The third-order valence-electron chi connectivity index (χ3n) is 2.04. The first kappa shape index (κ1) is 13.6. The summed E-state index contributed by atoms with van der Waals surface area (Å²) in [5.74, 6) is 1.14. The maximum Gasteiger partial charge on any atom is 0.178 e. The zero-order valence-electron chi connectivity index (χ0n) is 10.6. The Kier molecular flexibility index (Phi) is 5.63. The Labute approximate surface area is 102 Å². The second-order valence-corrected chi connectivity index (χ2v) is 4.25. The van der Waals surface area contributed by atoms with Gasteiger partial charge in [0.2, 0.25) is 0 Å². The van der Waals surface area contributed by atoms with Crippen molar-refractivity contribution >= 4 is 5.78 Å². The fraction of sp³-hybridized carbons (Fsp3) is 0.538. The molecular weight excluding hydrogens is 218 g/mol. The topological polar surface area (TPSA) is 48.4 Å². The van der Waals surface area contributed by atoms with Gasteiger partial charge < -0.3 is 9.47 Å². The summed E-state index contributed by atoms with van der Waals surface area (Å²) in [4.78, 5) is 15.0. The van der Waals surface area contributed by atoms with Gasteiger partial charge in [0.15, 0.2) is 5.78 Å². The van der Waals surface area contributed by atoms with Crippen LogP contribution in [0.5, 0.6) is 5.75 Å². The molecule has 0 unspecified atom stereocenters. The maximum absolute atomic E-state index is 11.0. The van der Waals surface area contributed by atoms with E-state index in [1.54, 1.807) is 18.3 Å². The molecule has 4 nitrogen and oxygen atoms in total. The van der Waals surface area contributed by atoms with Crippen molar-refractivity contribution in [1.29, 1.82) is 0 Å². The first-order valence-electron chi connectivity index (χ1n) is 5.77. The van der Waals surface area contributed by atoms with Crippen LogP contribution in [-0.4, -0.2) is 30.6 Å². The summed E-state index contributed by atoms with van der Waals surface area (Å²) in [6.45, 7) is 7.49. The molecule has 94 valence electrons. The van der Waals surface area contributed by atoms with Crippen molar-refractivity contribution < 1.29 is 14.3 Å². The first-order chi connectivity index (χ1) is 8.09. The van der Waals surface area contributed by atoms with E-state index in [0.717, 1.165) is 6.61 Å². The summed E-state index contributed by atoms with van der Waals surface area (Å²) in [5, 5.41) is 0. The van der Waals surface area contributed by atoms with Crippen LogP contribution in [0, 0.1) is 5.92 Å². The fourth-order valence-corrected chi connectivity index (χ4v) is 1.21. The van der Waals surface area contributed by atoms with Crippen LogP contribution in [0.25, 0.3) is 0 Å². The molecule has 1 aromatic heterocycles. The van der Waals surface area contributed by atoms with Crippen LogP contribution >= 0.6 is 0 Å². The smallest absolute Gasteiger partial charge is 0.178 e. The van der Waals surface area contributed by atoms with Crippen molar-refractivity contribution in [3.05, 3.63) is 24.0 Å². The van der Waals surface area contributed by atoms with Gasteiger partial charge in [0.1, 0.15) is 18.1 Å². The molecule has 0 aliphatic heterocycles. The Morgan fingerprint density at radius 2 is 2.12 bits per heavy atom. The van der Waals surface area contributed by atoms with E-state index in [1.807, 2.05) is 0 Å². The highest BCUT2D eigenvalue weighted by molar-refractivity contribution is 5.92. The van der Waals surface area contributed by atoms with Crippen molar-refractivity contribution in [1.82, 2.24) is 4.98 Å². The molecule has 0 aromatic carbocycles.